The van der Waals surface area contributed by atoms with E-state index in [0.29, 0.717) is 10.0 Å². The number of aromatic nitrogens is 1. The van der Waals surface area contributed by atoms with E-state index < -0.39 is 11.9 Å². The molecule has 0 aromatic carbocycles. The van der Waals surface area contributed by atoms with Crippen molar-refractivity contribution in [3.63, 3.8) is 0 Å². The number of nitrogens with zero attached hydrogens (tertiary/aromatic N) is 1. The van der Waals surface area contributed by atoms with Crippen molar-refractivity contribution in [1.29, 1.82) is 0 Å². The number of thiazole rings is 1. The lowest BCUT2D eigenvalue weighted by molar-refractivity contribution is -0.122. The molecule has 0 spiro atoms. The van der Waals surface area contributed by atoms with Crippen molar-refractivity contribution in [3.05, 3.63) is 4.88 Å². The number of anilines is 2. The lowest BCUT2D eigenvalue weighted by Gasteiger charge is -2.19. The fraction of sp³-hybridized carbons (Fsp3) is 0.583. The molecular weight excluding hydrogens is 278 g/mol. The van der Waals surface area contributed by atoms with Crippen molar-refractivity contribution in [1.82, 2.24) is 15.6 Å². The van der Waals surface area contributed by atoms with E-state index in [9.17, 15) is 9.59 Å². The number of amides is 2. The van der Waals surface area contributed by atoms with Crippen molar-refractivity contribution in [2.24, 2.45) is 0 Å². The van der Waals surface area contributed by atoms with Crippen molar-refractivity contribution in [3.8, 4) is 0 Å². The Hall–Kier alpha value is -1.83. The van der Waals surface area contributed by atoms with Gasteiger partial charge in [0.25, 0.3) is 5.91 Å². The van der Waals surface area contributed by atoms with Crippen molar-refractivity contribution in [2.45, 2.75) is 39.3 Å². The number of carbonyl (C=O) groups excluding carboxylic acids is 2. The minimum absolute atomic E-state index is 0.156. The van der Waals surface area contributed by atoms with Crippen molar-refractivity contribution < 1.29 is 9.59 Å². The first-order valence-corrected chi connectivity index (χ1v) is 7.02. The zero-order valence-electron chi connectivity index (χ0n) is 12.3. The number of nitrogen functional groups attached to an aromatic ring is 1. The molecule has 2 amide bonds. The lowest BCUT2D eigenvalue weighted by atomic mass is 10.1. The van der Waals surface area contributed by atoms with Crippen molar-refractivity contribution >= 4 is 34.1 Å². The minimum Gasteiger partial charge on any atom is -0.382 e. The van der Waals surface area contributed by atoms with Crippen LogP contribution in [0.4, 0.5) is 10.9 Å². The van der Waals surface area contributed by atoms with Crippen LogP contribution in [0.15, 0.2) is 0 Å². The number of nitrogens with two attached hydrogens (primary N) is 1. The van der Waals surface area contributed by atoms with Gasteiger partial charge in [-0.2, -0.15) is 0 Å². The van der Waals surface area contributed by atoms with Gasteiger partial charge >= 0.3 is 0 Å². The van der Waals surface area contributed by atoms with Crippen LogP contribution in [-0.4, -0.2) is 35.4 Å². The average Bonchev–Trinajstić information content (AvgIpc) is 2.66. The third-order valence-electron chi connectivity index (χ3n) is 2.33. The molecule has 0 aliphatic rings. The van der Waals surface area contributed by atoms with Gasteiger partial charge in [-0.15, -0.1) is 0 Å². The van der Waals surface area contributed by atoms with Gasteiger partial charge in [-0.25, -0.2) is 4.98 Å². The molecular formula is C12H21N5O2S. The lowest BCUT2D eigenvalue weighted by Crippen LogP contribution is -2.43. The molecule has 0 saturated carbocycles. The Bertz CT molecular complexity index is 506. The van der Waals surface area contributed by atoms with Gasteiger partial charge in [0.2, 0.25) is 5.91 Å². The summed E-state index contributed by atoms with van der Waals surface area (Å²) < 4.78 is 0. The van der Waals surface area contributed by atoms with Gasteiger partial charge < -0.3 is 21.7 Å². The van der Waals surface area contributed by atoms with Crippen molar-refractivity contribution in [2.75, 3.05) is 18.1 Å². The Morgan fingerprint density at radius 3 is 2.45 bits per heavy atom. The first-order chi connectivity index (χ1) is 9.14. The summed E-state index contributed by atoms with van der Waals surface area (Å²) in [6.45, 7) is 7.55. The molecule has 1 aromatic rings. The zero-order chi connectivity index (χ0) is 15.5. The fourth-order valence-electron chi connectivity index (χ4n) is 1.41. The summed E-state index contributed by atoms with van der Waals surface area (Å²) in [7, 11) is 1.51. The van der Waals surface area contributed by atoms with Crippen LogP contribution < -0.4 is 21.7 Å². The topological polar surface area (TPSA) is 109 Å². The molecule has 0 saturated heterocycles. The van der Waals surface area contributed by atoms with Gasteiger partial charge in [-0.3, -0.25) is 9.59 Å². The maximum absolute atomic E-state index is 12.0. The summed E-state index contributed by atoms with van der Waals surface area (Å²) in [6.07, 6.45) is 0. The van der Waals surface area contributed by atoms with Gasteiger partial charge in [0, 0.05) is 12.6 Å². The van der Waals surface area contributed by atoms with E-state index in [4.69, 9.17) is 5.73 Å². The molecule has 1 unspecified atom stereocenters. The molecule has 1 aromatic heterocycles. The highest BCUT2D eigenvalue weighted by Crippen LogP contribution is 2.27. The van der Waals surface area contributed by atoms with E-state index >= 15 is 0 Å². The summed E-state index contributed by atoms with van der Waals surface area (Å²) in [5, 5.41) is 8.77. The third-order valence-corrected chi connectivity index (χ3v) is 3.31. The number of carbonyl (C=O) groups is 2. The average molecular weight is 299 g/mol. The molecule has 1 atom stereocenters. The van der Waals surface area contributed by atoms with Crippen LogP contribution in [0.1, 0.15) is 37.4 Å². The fourth-order valence-corrected chi connectivity index (χ4v) is 2.41. The quantitative estimate of drug-likeness (QED) is 0.657. The third kappa shape index (κ3) is 4.37. The zero-order valence-corrected chi connectivity index (χ0v) is 13.1. The van der Waals surface area contributed by atoms with Crippen LogP contribution in [-0.2, 0) is 4.79 Å². The van der Waals surface area contributed by atoms with Crippen LogP contribution in [0.25, 0.3) is 0 Å². The normalized spacial score (nSPS) is 12.7. The Morgan fingerprint density at radius 1 is 1.35 bits per heavy atom. The number of likely N-dealkylation sites (N-methyl/N-ethyl adjacent to an activating group) is 1. The molecule has 5 N–H and O–H groups in total. The molecule has 0 aliphatic carbocycles. The molecule has 0 bridgehead atoms. The van der Waals surface area contributed by atoms with Gasteiger partial charge in [0.15, 0.2) is 5.13 Å². The second kappa shape index (κ2) is 6.08. The largest absolute Gasteiger partial charge is 0.382 e. The van der Waals surface area contributed by atoms with Crippen LogP contribution in [0.5, 0.6) is 0 Å². The number of hydrogen-bond donors (Lipinski definition) is 4. The first kappa shape index (κ1) is 16.2. The second-order valence-corrected chi connectivity index (χ2v) is 6.42. The monoisotopic (exact) mass is 299 g/mol. The predicted octanol–water partition coefficient (Wildman–Crippen LogP) is 0.800. The summed E-state index contributed by atoms with van der Waals surface area (Å²) in [5.41, 5.74) is 5.57. The van der Waals surface area contributed by atoms with E-state index in [1.807, 2.05) is 20.8 Å². The van der Waals surface area contributed by atoms with E-state index in [-0.39, 0.29) is 17.3 Å². The molecule has 7 nitrogen and oxygen atoms in total. The molecule has 0 fully saturated rings. The highest BCUT2D eigenvalue weighted by Gasteiger charge is 2.22. The molecule has 0 radical (unpaired) electrons. The van der Waals surface area contributed by atoms with Gasteiger partial charge in [-0.05, 0) is 27.7 Å². The Labute approximate surface area is 122 Å². The molecule has 1 rings (SSSR count). The van der Waals surface area contributed by atoms with E-state index in [2.05, 4.69) is 20.9 Å². The summed E-state index contributed by atoms with van der Waals surface area (Å²) in [6, 6.07) is -0.631. The predicted molar refractivity (Wildman–Crippen MR) is 80.9 cm³/mol. The van der Waals surface area contributed by atoms with Crippen LogP contribution in [0, 0.1) is 0 Å². The van der Waals surface area contributed by atoms with Crippen LogP contribution >= 0.6 is 11.3 Å². The standard InChI is InChI=1S/C12H21N5O2S/c1-6(9(18)14-5)15-10(19)7-8(13)16-11(20-7)17-12(2,3)4/h6H,13H2,1-5H3,(H,14,18)(H,15,19)(H,16,17). The van der Waals surface area contributed by atoms with Gasteiger partial charge in [0.05, 0.1) is 0 Å². The number of nitrogens with one attached hydrogen (secondary N) is 3. The maximum Gasteiger partial charge on any atom is 0.265 e. The first-order valence-electron chi connectivity index (χ1n) is 6.21. The van der Waals surface area contributed by atoms with Crippen LogP contribution in [0.3, 0.4) is 0 Å². The van der Waals surface area contributed by atoms with Crippen LogP contribution in [0.2, 0.25) is 0 Å². The molecule has 20 heavy (non-hydrogen) atoms. The summed E-state index contributed by atoms with van der Waals surface area (Å²) in [5.74, 6) is -0.518. The summed E-state index contributed by atoms with van der Waals surface area (Å²) in [4.78, 5) is 27.8. The maximum atomic E-state index is 12.0. The molecule has 0 aliphatic heterocycles. The van der Waals surface area contributed by atoms with Gasteiger partial charge in [0.1, 0.15) is 16.7 Å². The van der Waals surface area contributed by atoms with E-state index in [1.165, 1.54) is 7.05 Å². The SMILES string of the molecule is CNC(=O)C(C)NC(=O)c1sc(NC(C)(C)C)nc1N. The van der Waals surface area contributed by atoms with E-state index in [1.54, 1.807) is 6.92 Å². The Morgan fingerprint density at radius 2 is 1.95 bits per heavy atom. The minimum atomic E-state index is -0.631. The number of rotatable bonds is 4. The smallest absolute Gasteiger partial charge is 0.265 e. The Kier molecular flexibility index (Phi) is 4.93. The molecule has 8 heteroatoms. The Balaban J connectivity index is 2.81. The second-order valence-electron chi connectivity index (χ2n) is 5.42. The molecule has 1 heterocycles. The number of hydrogen-bond acceptors (Lipinski definition) is 6. The molecule has 112 valence electrons. The highest BCUT2D eigenvalue weighted by molar-refractivity contribution is 7.18. The van der Waals surface area contributed by atoms with E-state index in [0.717, 1.165) is 11.3 Å². The summed E-state index contributed by atoms with van der Waals surface area (Å²) >= 11 is 1.16. The highest BCUT2D eigenvalue weighted by atomic mass is 32.1. The van der Waals surface area contributed by atoms with Gasteiger partial charge in [-0.1, -0.05) is 11.3 Å².